The fourth-order valence-electron chi connectivity index (χ4n) is 3.20. The third-order valence-corrected chi connectivity index (χ3v) is 4.66. The average Bonchev–Trinajstić information content (AvgIpc) is 2.80. The minimum absolute atomic E-state index is 0.128. The lowest BCUT2D eigenvalue weighted by atomic mass is 9.78. The number of benzene rings is 1. The molecule has 5 nitrogen and oxygen atoms in total. The molecule has 2 aromatic rings. The molecule has 148 valence electrons. The fourth-order valence-corrected chi connectivity index (χ4v) is 3.20. The molecule has 27 heavy (non-hydrogen) atoms. The minimum atomic E-state index is -0.555. The van der Waals surface area contributed by atoms with Crippen LogP contribution in [0.25, 0.3) is 11.3 Å². The van der Waals surface area contributed by atoms with Crippen LogP contribution in [0.3, 0.4) is 0 Å². The molecule has 0 fully saturated rings. The largest absolute Gasteiger partial charge is 0.507 e. The van der Waals surface area contributed by atoms with Crippen molar-refractivity contribution in [3.05, 3.63) is 34.5 Å². The van der Waals surface area contributed by atoms with Crippen LogP contribution in [-0.4, -0.2) is 27.8 Å². The summed E-state index contributed by atoms with van der Waals surface area (Å²) in [6.45, 7) is 15.9. The van der Waals surface area contributed by atoms with E-state index in [1.54, 1.807) is 13.8 Å². The molecule has 0 aliphatic heterocycles. The number of nitrogens with one attached hydrogen (secondary N) is 1. The lowest BCUT2D eigenvalue weighted by Crippen LogP contribution is -2.17. The smallest absolute Gasteiger partial charge is 0.343 e. The molecule has 0 saturated heterocycles. The molecule has 1 aromatic heterocycles. The SMILES string of the molecule is CCOC(=O)c1c(C)[nH]c(-c2cc(C(C)(C)C)c(O)c(C(C)(C)C)c2)c1O. The fraction of sp³-hybridized carbons (Fsp3) is 0.500. The lowest BCUT2D eigenvalue weighted by Gasteiger charge is -2.28. The zero-order valence-electron chi connectivity index (χ0n) is 17.6. The predicted molar refractivity (Wildman–Crippen MR) is 108 cm³/mol. The van der Waals surface area contributed by atoms with Crippen molar-refractivity contribution in [2.45, 2.75) is 66.2 Å². The van der Waals surface area contributed by atoms with E-state index in [0.717, 1.165) is 16.7 Å². The number of phenols is 1. The summed E-state index contributed by atoms with van der Waals surface area (Å²) in [5.41, 5.74) is 2.86. The van der Waals surface area contributed by atoms with Gasteiger partial charge in [0.15, 0.2) is 5.75 Å². The van der Waals surface area contributed by atoms with Gasteiger partial charge in [-0.05, 0) is 36.8 Å². The number of phenolic OH excluding ortho intramolecular Hbond substituents is 1. The molecule has 2 rings (SSSR count). The Kier molecular flexibility index (Phi) is 5.37. The Hall–Kier alpha value is -2.43. The Labute approximate surface area is 161 Å². The van der Waals surface area contributed by atoms with Crippen LogP contribution >= 0.6 is 0 Å². The first-order valence-electron chi connectivity index (χ1n) is 9.26. The average molecular weight is 373 g/mol. The number of hydrogen-bond acceptors (Lipinski definition) is 4. The number of carbonyl (C=O) groups excluding carboxylic acids is 1. The molecule has 3 N–H and O–H groups in total. The number of hydrogen-bond donors (Lipinski definition) is 3. The van der Waals surface area contributed by atoms with Crippen molar-refractivity contribution in [3.63, 3.8) is 0 Å². The maximum absolute atomic E-state index is 12.2. The molecule has 0 spiro atoms. The quantitative estimate of drug-likeness (QED) is 0.648. The predicted octanol–water partition coefficient (Wildman–Crippen LogP) is 5.17. The maximum atomic E-state index is 12.2. The molecular weight excluding hydrogens is 342 g/mol. The van der Waals surface area contributed by atoms with Crippen molar-refractivity contribution in [2.24, 2.45) is 0 Å². The molecule has 0 radical (unpaired) electrons. The molecule has 5 heteroatoms. The first kappa shape index (κ1) is 20.9. The number of aryl methyl sites for hydroxylation is 1. The van der Waals surface area contributed by atoms with Gasteiger partial charge in [0.25, 0.3) is 0 Å². The highest BCUT2D eigenvalue weighted by molar-refractivity contribution is 5.97. The van der Waals surface area contributed by atoms with Crippen molar-refractivity contribution in [1.82, 2.24) is 4.98 Å². The van der Waals surface area contributed by atoms with Gasteiger partial charge in [-0.2, -0.15) is 0 Å². The summed E-state index contributed by atoms with van der Waals surface area (Å²) in [5.74, 6) is -0.413. The van der Waals surface area contributed by atoms with E-state index in [1.807, 2.05) is 53.7 Å². The second-order valence-electron chi connectivity index (χ2n) is 8.99. The number of aromatic amines is 1. The Morgan fingerprint density at radius 3 is 1.89 bits per heavy atom. The van der Waals surface area contributed by atoms with Gasteiger partial charge in [0.05, 0.1) is 12.3 Å². The van der Waals surface area contributed by atoms with E-state index in [2.05, 4.69) is 4.98 Å². The van der Waals surface area contributed by atoms with Crippen LogP contribution in [0.5, 0.6) is 11.5 Å². The van der Waals surface area contributed by atoms with Gasteiger partial charge >= 0.3 is 5.97 Å². The van der Waals surface area contributed by atoms with E-state index in [1.165, 1.54) is 0 Å². The van der Waals surface area contributed by atoms with Crippen LogP contribution in [0.15, 0.2) is 12.1 Å². The third-order valence-electron chi connectivity index (χ3n) is 4.66. The molecular formula is C22H31NO4. The summed E-state index contributed by atoms with van der Waals surface area (Å²) in [6, 6.07) is 3.73. The van der Waals surface area contributed by atoms with E-state index in [0.29, 0.717) is 11.4 Å². The standard InChI is InChI=1S/C22H31NO4/c1-9-27-20(26)16-12(2)23-17(19(16)25)13-10-14(21(3,4)5)18(24)15(11-13)22(6,7)8/h10-11,23-25H,9H2,1-8H3. The molecule has 1 heterocycles. The summed E-state index contributed by atoms with van der Waals surface area (Å²) in [5, 5.41) is 21.6. The monoisotopic (exact) mass is 373 g/mol. The molecule has 0 aliphatic rings. The molecule has 0 atom stereocenters. The molecule has 0 bridgehead atoms. The highest BCUT2D eigenvalue weighted by atomic mass is 16.5. The van der Waals surface area contributed by atoms with E-state index >= 15 is 0 Å². The zero-order valence-corrected chi connectivity index (χ0v) is 17.6. The van der Waals surface area contributed by atoms with Crippen LogP contribution in [0.4, 0.5) is 0 Å². The number of H-pyrrole nitrogens is 1. The number of esters is 1. The number of aromatic hydroxyl groups is 2. The summed E-state index contributed by atoms with van der Waals surface area (Å²) in [4.78, 5) is 15.3. The first-order chi connectivity index (χ1) is 12.3. The summed E-state index contributed by atoms with van der Waals surface area (Å²) < 4.78 is 5.05. The van der Waals surface area contributed by atoms with Gasteiger partial charge in [-0.1, -0.05) is 41.5 Å². The second kappa shape index (κ2) is 6.95. The summed E-state index contributed by atoms with van der Waals surface area (Å²) in [7, 11) is 0. The van der Waals surface area contributed by atoms with Crippen molar-refractivity contribution < 1.29 is 19.7 Å². The van der Waals surface area contributed by atoms with Gasteiger partial charge in [0.1, 0.15) is 11.3 Å². The highest BCUT2D eigenvalue weighted by Crippen LogP contribution is 2.44. The Morgan fingerprint density at radius 1 is 1.00 bits per heavy atom. The number of carbonyl (C=O) groups is 1. The van der Waals surface area contributed by atoms with Crippen LogP contribution < -0.4 is 0 Å². The van der Waals surface area contributed by atoms with E-state index in [9.17, 15) is 15.0 Å². The molecule has 1 aromatic carbocycles. The Bertz CT molecular complexity index is 829. The minimum Gasteiger partial charge on any atom is -0.507 e. The van der Waals surface area contributed by atoms with Crippen molar-refractivity contribution in [2.75, 3.05) is 6.61 Å². The van der Waals surface area contributed by atoms with E-state index < -0.39 is 5.97 Å². The third kappa shape index (κ3) is 3.97. The van der Waals surface area contributed by atoms with Gasteiger partial charge in [0, 0.05) is 22.4 Å². The lowest BCUT2D eigenvalue weighted by molar-refractivity contribution is 0.0522. The maximum Gasteiger partial charge on any atom is 0.343 e. The number of rotatable bonds is 3. The van der Waals surface area contributed by atoms with Crippen molar-refractivity contribution in [3.8, 4) is 22.8 Å². The van der Waals surface area contributed by atoms with Gasteiger partial charge < -0.3 is 19.9 Å². The van der Waals surface area contributed by atoms with Crippen LogP contribution in [-0.2, 0) is 15.6 Å². The molecule has 0 unspecified atom stereocenters. The number of ether oxygens (including phenoxy) is 1. The molecule has 0 saturated carbocycles. The van der Waals surface area contributed by atoms with Gasteiger partial charge in [0.2, 0.25) is 0 Å². The zero-order chi connectivity index (χ0) is 20.7. The summed E-state index contributed by atoms with van der Waals surface area (Å²) >= 11 is 0. The van der Waals surface area contributed by atoms with Crippen LogP contribution in [0.2, 0.25) is 0 Å². The van der Waals surface area contributed by atoms with Crippen molar-refractivity contribution in [1.29, 1.82) is 0 Å². The van der Waals surface area contributed by atoms with Crippen molar-refractivity contribution >= 4 is 5.97 Å². The van der Waals surface area contributed by atoms with E-state index in [-0.39, 0.29) is 34.5 Å². The Morgan fingerprint density at radius 2 is 1.48 bits per heavy atom. The van der Waals surface area contributed by atoms with Crippen LogP contribution in [0, 0.1) is 6.92 Å². The topological polar surface area (TPSA) is 82.6 Å². The van der Waals surface area contributed by atoms with Gasteiger partial charge in [-0.15, -0.1) is 0 Å². The second-order valence-corrected chi connectivity index (χ2v) is 8.99. The van der Waals surface area contributed by atoms with E-state index in [4.69, 9.17) is 4.74 Å². The molecule has 0 amide bonds. The van der Waals surface area contributed by atoms with Crippen LogP contribution in [0.1, 0.15) is 75.6 Å². The highest BCUT2D eigenvalue weighted by Gasteiger charge is 2.29. The molecule has 0 aliphatic carbocycles. The summed E-state index contributed by atoms with van der Waals surface area (Å²) in [6.07, 6.45) is 0. The van der Waals surface area contributed by atoms with Gasteiger partial charge in [-0.3, -0.25) is 0 Å². The van der Waals surface area contributed by atoms with Gasteiger partial charge in [-0.25, -0.2) is 4.79 Å². The normalized spacial score (nSPS) is 12.3. The Balaban J connectivity index is 2.77. The first-order valence-corrected chi connectivity index (χ1v) is 9.26. The number of aromatic nitrogens is 1.